The first-order chi connectivity index (χ1) is 8.20. The molecular formula is C11H13ClN4O. The summed E-state index contributed by atoms with van der Waals surface area (Å²) >= 11 is 5.97. The van der Waals surface area contributed by atoms with Crippen molar-refractivity contribution in [3.63, 3.8) is 0 Å². The highest BCUT2D eigenvalue weighted by molar-refractivity contribution is 6.32. The number of aromatic nitrogens is 3. The van der Waals surface area contributed by atoms with E-state index in [1.165, 1.54) is 0 Å². The third-order valence-corrected chi connectivity index (χ3v) is 2.59. The second-order valence-corrected chi connectivity index (χ2v) is 3.90. The normalized spacial score (nSPS) is 10.5. The molecule has 0 unspecified atom stereocenters. The van der Waals surface area contributed by atoms with Gasteiger partial charge in [-0.2, -0.15) is 5.10 Å². The monoisotopic (exact) mass is 252 g/mol. The standard InChI is InChI=1S/C11H13ClN4O/c1-16-11(14-10(6-13)15-16)7-17-9-5-3-2-4-8(9)12/h2-5H,6-7,13H2,1H3. The lowest BCUT2D eigenvalue weighted by molar-refractivity contribution is 0.290. The van der Waals surface area contributed by atoms with E-state index < -0.39 is 0 Å². The van der Waals surface area contributed by atoms with Crippen LogP contribution in [0.25, 0.3) is 0 Å². The Morgan fingerprint density at radius 2 is 2.18 bits per heavy atom. The second-order valence-electron chi connectivity index (χ2n) is 3.49. The van der Waals surface area contributed by atoms with Crippen molar-refractivity contribution in [3.05, 3.63) is 40.9 Å². The molecule has 1 aromatic carbocycles. The van der Waals surface area contributed by atoms with Gasteiger partial charge < -0.3 is 10.5 Å². The van der Waals surface area contributed by atoms with Crippen LogP contribution in [0, 0.1) is 0 Å². The zero-order valence-corrected chi connectivity index (χ0v) is 10.2. The van der Waals surface area contributed by atoms with Crippen LogP contribution in [-0.4, -0.2) is 14.8 Å². The molecular weight excluding hydrogens is 240 g/mol. The molecule has 0 amide bonds. The number of rotatable bonds is 4. The predicted octanol–water partition coefficient (Wildman–Crippen LogP) is 1.51. The highest BCUT2D eigenvalue weighted by Gasteiger charge is 2.07. The second kappa shape index (κ2) is 5.16. The van der Waals surface area contributed by atoms with Crippen molar-refractivity contribution >= 4 is 11.6 Å². The van der Waals surface area contributed by atoms with Gasteiger partial charge in [0.2, 0.25) is 0 Å². The van der Waals surface area contributed by atoms with E-state index in [0.717, 1.165) is 0 Å². The average molecular weight is 253 g/mol. The van der Waals surface area contributed by atoms with Crippen LogP contribution in [0.3, 0.4) is 0 Å². The molecule has 0 bridgehead atoms. The number of benzene rings is 1. The fourth-order valence-corrected chi connectivity index (χ4v) is 1.58. The topological polar surface area (TPSA) is 66.0 Å². The van der Waals surface area contributed by atoms with Crippen LogP contribution < -0.4 is 10.5 Å². The average Bonchev–Trinajstić information content (AvgIpc) is 2.69. The summed E-state index contributed by atoms with van der Waals surface area (Å²) in [5.41, 5.74) is 5.46. The third kappa shape index (κ3) is 2.75. The van der Waals surface area contributed by atoms with Crippen molar-refractivity contribution in [3.8, 4) is 5.75 Å². The lowest BCUT2D eigenvalue weighted by Crippen LogP contribution is -2.04. The van der Waals surface area contributed by atoms with Crippen molar-refractivity contribution < 1.29 is 4.74 Å². The Hall–Kier alpha value is -1.59. The molecule has 0 aliphatic carbocycles. The van der Waals surface area contributed by atoms with Crippen LogP contribution in [0.4, 0.5) is 0 Å². The van der Waals surface area contributed by atoms with Crippen molar-refractivity contribution in [2.45, 2.75) is 13.2 Å². The molecule has 17 heavy (non-hydrogen) atoms. The molecule has 0 saturated heterocycles. The predicted molar refractivity (Wildman–Crippen MR) is 64.7 cm³/mol. The SMILES string of the molecule is Cn1nc(CN)nc1COc1ccccc1Cl. The highest BCUT2D eigenvalue weighted by atomic mass is 35.5. The smallest absolute Gasteiger partial charge is 0.165 e. The molecule has 5 nitrogen and oxygen atoms in total. The number of nitrogens with two attached hydrogens (primary N) is 1. The quantitative estimate of drug-likeness (QED) is 0.896. The van der Waals surface area contributed by atoms with E-state index in [9.17, 15) is 0 Å². The molecule has 0 saturated carbocycles. The van der Waals surface area contributed by atoms with Crippen LogP contribution in [-0.2, 0) is 20.2 Å². The molecule has 0 radical (unpaired) electrons. The fraction of sp³-hybridized carbons (Fsp3) is 0.273. The Bertz CT molecular complexity index is 512. The summed E-state index contributed by atoms with van der Waals surface area (Å²) in [5, 5.41) is 4.71. The maximum Gasteiger partial charge on any atom is 0.165 e. The summed E-state index contributed by atoms with van der Waals surface area (Å²) in [6.45, 7) is 0.632. The van der Waals surface area contributed by atoms with E-state index in [4.69, 9.17) is 22.1 Å². The molecule has 2 rings (SSSR count). The minimum atomic E-state index is 0.313. The van der Waals surface area contributed by atoms with Gasteiger partial charge in [0.1, 0.15) is 12.4 Å². The molecule has 0 spiro atoms. The van der Waals surface area contributed by atoms with E-state index in [1.807, 2.05) is 18.2 Å². The Kier molecular flexibility index (Phi) is 3.61. The van der Waals surface area contributed by atoms with Crippen LogP contribution >= 0.6 is 11.6 Å². The number of para-hydroxylation sites is 1. The number of hydrogen-bond donors (Lipinski definition) is 1. The van der Waals surface area contributed by atoms with E-state index in [-0.39, 0.29) is 0 Å². The minimum Gasteiger partial charge on any atom is -0.484 e. The Morgan fingerprint density at radius 1 is 1.41 bits per heavy atom. The highest BCUT2D eigenvalue weighted by Crippen LogP contribution is 2.23. The van der Waals surface area contributed by atoms with Crippen molar-refractivity contribution in [1.29, 1.82) is 0 Å². The summed E-state index contributed by atoms with van der Waals surface area (Å²) in [5.74, 6) is 1.95. The molecule has 2 N–H and O–H groups in total. The van der Waals surface area contributed by atoms with Crippen LogP contribution in [0.2, 0.25) is 5.02 Å². The van der Waals surface area contributed by atoms with Crippen molar-refractivity contribution in [2.24, 2.45) is 12.8 Å². The third-order valence-electron chi connectivity index (χ3n) is 2.27. The van der Waals surface area contributed by atoms with Gasteiger partial charge in [-0.15, -0.1) is 0 Å². The Morgan fingerprint density at radius 3 is 2.82 bits per heavy atom. The van der Waals surface area contributed by atoms with Crippen LogP contribution in [0.15, 0.2) is 24.3 Å². The Labute approximate surface area is 104 Å². The molecule has 1 heterocycles. The largest absolute Gasteiger partial charge is 0.484 e. The number of aryl methyl sites for hydroxylation is 1. The molecule has 2 aromatic rings. The maximum absolute atomic E-state index is 5.97. The minimum absolute atomic E-state index is 0.313. The molecule has 0 aliphatic heterocycles. The van der Waals surface area contributed by atoms with Crippen molar-refractivity contribution in [1.82, 2.24) is 14.8 Å². The lowest BCUT2D eigenvalue weighted by atomic mass is 10.3. The zero-order chi connectivity index (χ0) is 12.3. The summed E-state index contributed by atoms with van der Waals surface area (Å²) in [6.07, 6.45) is 0. The van der Waals surface area contributed by atoms with E-state index in [1.54, 1.807) is 17.8 Å². The van der Waals surface area contributed by atoms with Crippen LogP contribution in [0.1, 0.15) is 11.6 Å². The molecule has 1 aromatic heterocycles. The Balaban J connectivity index is 2.07. The first kappa shape index (κ1) is 11.9. The molecule has 0 atom stereocenters. The molecule has 0 fully saturated rings. The maximum atomic E-state index is 5.97. The first-order valence-corrected chi connectivity index (χ1v) is 5.54. The van der Waals surface area contributed by atoms with Gasteiger partial charge in [0.25, 0.3) is 0 Å². The number of ether oxygens (including phenoxy) is 1. The van der Waals surface area contributed by atoms with Gasteiger partial charge >= 0.3 is 0 Å². The summed E-state index contributed by atoms with van der Waals surface area (Å²) in [6, 6.07) is 7.30. The summed E-state index contributed by atoms with van der Waals surface area (Å²) in [7, 11) is 1.80. The molecule has 90 valence electrons. The fourth-order valence-electron chi connectivity index (χ4n) is 1.39. The number of hydrogen-bond acceptors (Lipinski definition) is 4. The van der Waals surface area contributed by atoms with Gasteiger partial charge in [-0.1, -0.05) is 23.7 Å². The number of nitrogens with zero attached hydrogens (tertiary/aromatic N) is 3. The molecule has 6 heteroatoms. The summed E-state index contributed by atoms with van der Waals surface area (Å²) in [4.78, 5) is 4.23. The lowest BCUT2D eigenvalue weighted by Gasteiger charge is -2.06. The van der Waals surface area contributed by atoms with E-state index in [2.05, 4.69) is 10.1 Å². The van der Waals surface area contributed by atoms with E-state index in [0.29, 0.717) is 35.6 Å². The zero-order valence-electron chi connectivity index (χ0n) is 9.43. The van der Waals surface area contributed by atoms with Gasteiger partial charge in [0.15, 0.2) is 11.6 Å². The molecule has 0 aliphatic rings. The van der Waals surface area contributed by atoms with E-state index >= 15 is 0 Å². The van der Waals surface area contributed by atoms with Gasteiger partial charge in [0, 0.05) is 7.05 Å². The van der Waals surface area contributed by atoms with Gasteiger partial charge in [-0.25, -0.2) is 9.67 Å². The van der Waals surface area contributed by atoms with Gasteiger partial charge in [0.05, 0.1) is 11.6 Å². The number of halogens is 1. The van der Waals surface area contributed by atoms with Crippen molar-refractivity contribution in [2.75, 3.05) is 0 Å². The van der Waals surface area contributed by atoms with Gasteiger partial charge in [-0.3, -0.25) is 0 Å². The first-order valence-electron chi connectivity index (χ1n) is 5.17. The summed E-state index contributed by atoms with van der Waals surface area (Å²) < 4.78 is 7.22. The van der Waals surface area contributed by atoms with Crippen LogP contribution in [0.5, 0.6) is 5.75 Å². The van der Waals surface area contributed by atoms with Gasteiger partial charge in [-0.05, 0) is 12.1 Å².